The third-order valence-corrected chi connectivity index (χ3v) is 28.1. The van der Waals surface area contributed by atoms with Crippen LogP contribution in [0.25, 0.3) is 10.9 Å². The monoisotopic (exact) mass is 2220 g/mol. The predicted molar refractivity (Wildman–Crippen MR) is 507 cm³/mol. The number of para-hydroxylation sites is 1. The average Bonchev–Trinajstić information content (AvgIpc) is 1.71. The molecule has 0 radical (unpaired) electrons. The first-order valence-electron chi connectivity index (χ1n) is 45.5. The molecule has 13 aromatic rings. The number of aromatic amines is 1. The summed E-state index contributed by atoms with van der Waals surface area (Å²) in [6, 6.07) is 22.4. The molecule has 58 heteroatoms. The number of carbonyl (C=O) groups is 4. The second kappa shape index (κ2) is 48.1. The van der Waals surface area contributed by atoms with Gasteiger partial charge in [-0.1, -0.05) is 47.5 Å². The van der Waals surface area contributed by atoms with Crippen LogP contribution >= 0.6 is 23.2 Å². The minimum absolute atomic E-state index is 0.0116. The minimum Gasteiger partial charge on any atom is -0.455 e. The molecule has 4 aliphatic carbocycles. The molecule has 10 aromatic heterocycles. The first kappa shape index (κ1) is 113. The average molecular weight is 2220 g/mol. The minimum atomic E-state index is -4.65. The first-order valence-corrected chi connectivity index (χ1v) is 52.1. The lowest BCUT2D eigenvalue weighted by Gasteiger charge is -2.17. The molecule has 15 atom stereocenters. The second-order valence-corrected chi connectivity index (χ2v) is 41.6. The molecule has 0 spiro atoms. The maximum Gasteiger partial charge on any atom is 0.449 e. The van der Waals surface area contributed by atoms with Gasteiger partial charge in [0.1, 0.15) is 71.1 Å². The number of ketones is 4. The van der Waals surface area contributed by atoms with E-state index in [4.69, 9.17) is 48.2 Å². The number of furan rings is 1. The Morgan fingerprint density at radius 1 is 0.473 bits per heavy atom. The number of halogens is 11. The van der Waals surface area contributed by atoms with E-state index in [9.17, 15) is 123 Å². The van der Waals surface area contributed by atoms with Crippen LogP contribution < -0.4 is 20.6 Å². The van der Waals surface area contributed by atoms with Gasteiger partial charge in [0.05, 0.1) is 138 Å². The van der Waals surface area contributed by atoms with Crippen LogP contribution in [0.3, 0.4) is 0 Å². The van der Waals surface area contributed by atoms with E-state index < -0.39 is 196 Å². The number of fused-ring (bicyclic) bond motifs is 1. The van der Waals surface area contributed by atoms with Crippen molar-refractivity contribution >= 4 is 98.5 Å². The van der Waals surface area contributed by atoms with Gasteiger partial charge in [0.25, 0.3) is 0 Å². The number of alkyl halides is 7. The number of H-pyrrole nitrogens is 1. The zero-order valence-corrected chi connectivity index (χ0v) is 82.8. The van der Waals surface area contributed by atoms with E-state index in [2.05, 4.69) is 83.0 Å². The molecule has 4 fully saturated rings. The van der Waals surface area contributed by atoms with Crippen molar-refractivity contribution in [2.75, 3.05) is 26.4 Å². The smallest absolute Gasteiger partial charge is 0.449 e. The van der Waals surface area contributed by atoms with E-state index in [1.54, 1.807) is 16.9 Å². The number of carbonyl (C=O) groups excluding carboxylic acids is 4. The molecule has 0 aliphatic heterocycles. The Balaban J connectivity index is 0.000000158. The molecule has 17 rings (SSSR count). The Hall–Kier alpha value is -12.4. The standard InChI is InChI=1S/C25H28N6O6S.C23H23ClF3N5O6S.C22H21ClF4N4O6S.C22H23F2N5O5S/c26-38(35,36)37-13-17-9-16(23(32)24(17)33)10-22-19(12-27-14-29-22)25(34)21-6-8-31(30-21)7-5-15-11-28-20-4-2-1-3-18(15)20;24-17-2-1-12(5-16(17)23(25,26)27)9-32-4-3-18(31-32)22(35)15-8-29-11-30-19(15)7-13-6-14(21(34)20(13)33)10-38-39(28,36)37;23-18-5-12(7-31(18)8-14-1-2-17(37-14)22(25,26)27)20(32)15-6-29-10-30-16(15)4-11-3-13(21(33)19(11)24)9-36-38(28,34)35;23-16-1-2-18(24)14(8-16)10-29-4-3-19(28-29)22(31)17-9-26-12-27-20(17)6-13-5-15(21(30)7-13)11-34-35(25,32)33/h1-4,6,8,11-12,14,16-17,23-24,28,32-33H,5,7,9-10,13H2,(H2,26,35,36);1-5,8,11,13-14,20-21,33-34H,6-7,9-10H2,(H2,28,36,37);1-2,5-7,10-11,13,19,21,33H,3-4,8-9H2,(H2,28,34,35);1-4,8-9,12-13,15,21,30H,5-7,10-11H2,(H2,25,32,33)/t16-,17+,23-,24+;13-,14+,20-,21+;11-,13+,19+,21+;13-,15+,21-/m0000/s1. The summed E-state index contributed by atoms with van der Waals surface area (Å²) in [7, 11) is -16.8. The van der Waals surface area contributed by atoms with Gasteiger partial charge in [0.15, 0.2) is 5.78 Å². The van der Waals surface area contributed by atoms with Gasteiger partial charge in [0, 0.05) is 108 Å². The van der Waals surface area contributed by atoms with Crippen molar-refractivity contribution in [1.29, 1.82) is 0 Å². The number of benzene rings is 3. The van der Waals surface area contributed by atoms with Crippen molar-refractivity contribution in [3.63, 3.8) is 0 Å². The molecule has 10 heterocycles. The lowest BCUT2D eigenvalue weighted by atomic mass is 9.95. The molecule has 150 heavy (non-hydrogen) atoms. The number of aliphatic hydroxyl groups excluding tert-OH is 6. The van der Waals surface area contributed by atoms with Crippen LogP contribution in [-0.2, 0) is 129 Å². The van der Waals surface area contributed by atoms with E-state index in [0.717, 1.165) is 65.4 Å². The molecule has 43 nitrogen and oxygen atoms in total. The van der Waals surface area contributed by atoms with Crippen LogP contribution in [0.15, 0.2) is 183 Å². The first-order chi connectivity index (χ1) is 70.7. The molecule has 0 unspecified atom stereocenters. The van der Waals surface area contributed by atoms with Gasteiger partial charge in [-0.15, -0.1) is 0 Å². The molecule has 15 N–H and O–H groups in total. The number of rotatable bonds is 37. The van der Waals surface area contributed by atoms with Crippen molar-refractivity contribution in [2.24, 2.45) is 67.9 Å². The molecule has 802 valence electrons. The molecule has 4 saturated carbocycles. The van der Waals surface area contributed by atoms with Crippen molar-refractivity contribution in [1.82, 2.24) is 78.8 Å². The number of nitrogens with zero attached hydrogens (tertiary/aromatic N) is 15. The van der Waals surface area contributed by atoms with Gasteiger partial charge in [-0.25, -0.2) is 73.6 Å². The van der Waals surface area contributed by atoms with E-state index >= 15 is 0 Å². The Kier molecular flexibility index (Phi) is 36.3. The molecule has 0 saturated heterocycles. The van der Waals surface area contributed by atoms with Crippen molar-refractivity contribution < 1.29 is 144 Å². The van der Waals surface area contributed by atoms with E-state index in [1.165, 1.54) is 107 Å². The summed E-state index contributed by atoms with van der Waals surface area (Å²) in [5, 5.41) is 95.1. The molecule has 0 bridgehead atoms. The highest BCUT2D eigenvalue weighted by Gasteiger charge is 2.47. The number of nitrogens with one attached hydrogen (secondary N) is 1. The highest BCUT2D eigenvalue weighted by molar-refractivity contribution is 7.85. The third kappa shape index (κ3) is 29.9. The van der Waals surface area contributed by atoms with Crippen molar-refractivity contribution in [3.8, 4) is 0 Å². The Morgan fingerprint density at radius 2 is 0.927 bits per heavy atom. The van der Waals surface area contributed by atoms with Crippen molar-refractivity contribution in [3.05, 3.63) is 301 Å². The fourth-order valence-electron chi connectivity index (χ4n) is 18.2. The van der Waals surface area contributed by atoms with Crippen LogP contribution in [0.4, 0.5) is 39.5 Å². The molecule has 3 aromatic carbocycles. The SMILES string of the molecule is NS(=O)(=O)OC[C@H]1C[C@@H](Cc2ncncc2C(=O)c2cc(Cl)n(Cc3ccc(C(F)(F)F)o3)c2)[C@@H](F)[C@@H]1O.NS(=O)(=O)OC[C@H]1C[C@@H](Cc2ncncc2C(=O)c2ccn(CCc3c[nH]c4ccccc34)n2)[C@H](O)[C@@H]1O.NS(=O)(=O)OC[C@H]1C[C@@H](Cc2ncncc2C(=O)c2ccn(Cc3cc(F)ccc3F)n2)C[C@@H]1O.NS(=O)(=O)OC[C@H]1C[C@@H](Cc2ncncc2C(=O)c2ccn(Cc3ccc(Cl)c(C(F)(F)F)c3)n2)[C@H](O)[C@@H]1O. The Morgan fingerprint density at radius 3 is 1.43 bits per heavy atom. The van der Waals surface area contributed by atoms with Crippen LogP contribution in [0, 0.1) is 59.0 Å². The predicted octanol–water partition coefficient (Wildman–Crippen LogP) is 6.79. The summed E-state index contributed by atoms with van der Waals surface area (Å²) in [5.41, 5.74) is 3.92. The van der Waals surface area contributed by atoms with Gasteiger partial charge < -0.3 is 44.6 Å². The number of hydrogen-bond acceptors (Lipinski definition) is 34. The fourth-order valence-corrected chi connectivity index (χ4v) is 20.1. The second-order valence-electron chi connectivity index (χ2n) is 36.0. The fraction of sp³-hybridized carbons (Fsp3) is 0.380. The van der Waals surface area contributed by atoms with Gasteiger partial charge in [-0.05, 0) is 172 Å². The summed E-state index contributed by atoms with van der Waals surface area (Å²) in [5.74, 6) is -8.84. The van der Waals surface area contributed by atoms with Gasteiger partial charge >= 0.3 is 53.6 Å². The lowest BCUT2D eigenvalue weighted by Crippen LogP contribution is -2.31. The summed E-state index contributed by atoms with van der Waals surface area (Å²) in [4.78, 5) is 88.6. The number of aryl methyl sites for hydroxylation is 2. The number of aliphatic hydroxyl groups is 6. The van der Waals surface area contributed by atoms with E-state index in [-0.39, 0.29) is 161 Å². The Bertz CT molecular complexity index is 7520. The van der Waals surface area contributed by atoms with Gasteiger partial charge in [-0.3, -0.25) is 50.0 Å². The molecule has 0 amide bonds. The third-order valence-electron chi connectivity index (χ3n) is 25.6. The molecule has 4 aliphatic rings. The number of aromatic nitrogens is 16. The zero-order chi connectivity index (χ0) is 108. The maximum absolute atomic E-state index is 14.8. The van der Waals surface area contributed by atoms with Crippen LogP contribution in [0.5, 0.6) is 0 Å². The summed E-state index contributed by atoms with van der Waals surface area (Å²) >= 11 is 11.9. The zero-order valence-electron chi connectivity index (χ0n) is 78.1. The quantitative estimate of drug-likeness (QED) is 0.0141. The summed E-state index contributed by atoms with van der Waals surface area (Å²) in [6.45, 7) is -1.20. The summed E-state index contributed by atoms with van der Waals surface area (Å²) < 4.78 is 237. The topological polar surface area (TPSA) is 658 Å². The van der Waals surface area contributed by atoms with Gasteiger partial charge in [-0.2, -0.15) is 75.3 Å². The Labute approximate surface area is 857 Å². The van der Waals surface area contributed by atoms with Crippen LogP contribution in [-0.4, -0.2) is 235 Å². The maximum atomic E-state index is 14.8. The highest BCUT2D eigenvalue weighted by atomic mass is 35.5. The highest BCUT2D eigenvalue weighted by Crippen LogP contribution is 2.42. The largest absolute Gasteiger partial charge is 0.455 e. The molecular weight excluding hydrogens is 2120 g/mol. The van der Waals surface area contributed by atoms with Crippen LogP contribution in [0.1, 0.15) is 153 Å². The molecular formula is C92H95Cl2F9N20O23S4. The number of hydrogen-bond donors (Lipinski definition) is 11. The van der Waals surface area contributed by atoms with Crippen molar-refractivity contribution in [2.45, 2.75) is 146 Å². The van der Waals surface area contributed by atoms with E-state index in [0.29, 0.717) is 37.2 Å². The van der Waals surface area contributed by atoms with Gasteiger partial charge in [0.2, 0.25) is 23.1 Å². The van der Waals surface area contributed by atoms with Crippen LogP contribution in [0.2, 0.25) is 10.2 Å². The number of nitrogens with two attached hydrogens (primary N) is 4. The van der Waals surface area contributed by atoms with E-state index in [1.807, 2.05) is 24.4 Å². The lowest BCUT2D eigenvalue weighted by molar-refractivity contribution is -0.153. The summed E-state index contributed by atoms with van der Waals surface area (Å²) in [6.07, 6.45) is 2.68. The normalized spacial score (nSPS) is 21.5.